The second-order valence-corrected chi connectivity index (χ2v) is 6.01. The number of carbonyl (C=O) groups is 3. The van der Waals surface area contributed by atoms with Crippen LogP contribution in [0.2, 0.25) is 0 Å². The lowest BCUT2D eigenvalue weighted by Crippen LogP contribution is -2.36. The predicted molar refractivity (Wildman–Crippen MR) is 100 cm³/mol. The van der Waals surface area contributed by atoms with E-state index in [9.17, 15) is 14.4 Å². The standard InChI is InChI=1S/C20H22N2O4/c1-13-5-10-18(14(2)11-13)21-19(24)12-22(15(3)23)17-8-6-16(7-9-17)20(25)26-4/h5-11H,12H2,1-4H3,(H,21,24). The van der Waals surface area contributed by atoms with Gasteiger partial charge in [-0.05, 0) is 49.7 Å². The van der Waals surface area contributed by atoms with Crippen molar-refractivity contribution in [3.05, 3.63) is 59.2 Å². The minimum atomic E-state index is -0.460. The molecule has 2 rings (SSSR count). The van der Waals surface area contributed by atoms with Gasteiger partial charge in [-0.15, -0.1) is 0 Å². The van der Waals surface area contributed by atoms with E-state index in [-0.39, 0.29) is 18.4 Å². The largest absolute Gasteiger partial charge is 0.465 e. The molecule has 0 saturated heterocycles. The maximum absolute atomic E-state index is 12.4. The maximum atomic E-state index is 12.4. The fraction of sp³-hybridized carbons (Fsp3) is 0.250. The maximum Gasteiger partial charge on any atom is 0.337 e. The van der Waals surface area contributed by atoms with Crippen molar-refractivity contribution in [2.45, 2.75) is 20.8 Å². The molecule has 0 atom stereocenters. The van der Waals surface area contributed by atoms with E-state index in [2.05, 4.69) is 10.1 Å². The van der Waals surface area contributed by atoms with Crippen LogP contribution in [-0.2, 0) is 14.3 Å². The summed E-state index contributed by atoms with van der Waals surface area (Å²) in [5, 5.41) is 2.82. The van der Waals surface area contributed by atoms with Gasteiger partial charge in [0, 0.05) is 18.3 Å². The van der Waals surface area contributed by atoms with Gasteiger partial charge in [0.2, 0.25) is 11.8 Å². The molecule has 0 fully saturated rings. The number of hydrogen-bond acceptors (Lipinski definition) is 4. The van der Waals surface area contributed by atoms with E-state index in [0.717, 1.165) is 11.1 Å². The van der Waals surface area contributed by atoms with Gasteiger partial charge in [-0.1, -0.05) is 17.7 Å². The molecule has 0 heterocycles. The Morgan fingerprint density at radius 1 is 1.04 bits per heavy atom. The van der Waals surface area contributed by atoms with E-state index < -0.39 is 5.97 Å². The number of methoxy groups -OCH3 is 1. The van der Waals surface area contributed by atoms with E-state index in [4.69, 9.17) is 0 Å². The zero-order chi connectivity index (χ0) is 19.3. The molecular formula is C20H22N2O4. The first-order valence-electron chi connectivity index (χ1n) is 8.15. The average Bonchev–Trinajstić information content (AvgIpc) is 2.61. The normalized spacial score (nSPS) is 10.2. The number of nitrogens with one attached hydrogen (secondary N) is 1. The van der Waals surface area contributed by atoms with Crippen LogP contribution in [0, 0.1) is 13.8 Å². The molecule has 0 aliphatic rings. The third-order valence-corrected chi connectivity index (χ3v) is 3.94. The van der Waals surface area contributed by atoms with Crippen molar-refractivity contribution in [1.82, 2.24) is 0 Å². The summed E-state index contributed by atoms with van der Waals surface area (Å²) >= 11 is 0. The molecule has 0 spiro atoms. The fourth-order valence-electron chi connectivity index (χ4n) is 2.57. The van der Waals surface area contributed by atoms with Crippen LogP contribution in [0.1, 0.15) is 28.4 Å². The molecule has 0 saturated carbocycles. The Labute approximate surface area is 152 Å². The van der Waals surface area contributed by atoms with Crippen LogP contribution in [0.3, 0.4) is 0 Å². The van der Waals surface area contributed by atoms with Crippen molar-refractivity contribution in [2.24, 2.45) is 0 Å². The van der Waals surface area contributed by atoms with Gasteiger partial charge >= 0.3 is 5.97 Å². The predicted octanol–water partition coefficient (Wildman–Crippen LogP) is 3.08. The van der Waals surface area contributed by atoms with E-state index in [1.165, 1.54) is 18.9 Å². The zero-order valence-electron chi connectivity index (χ0n) is 15.3. The van der Waals surface area contributed by atoms with Crippen LogP contribution in [-0.4, -0.2) is 31.4 Å². The second-order valence-electron chi connectivity index (χ2n) is 6.01. The Kier molecular flexibility index (Phi) is 6.11. The number of rotatable bonds is 5. The second kappa shape index (κ2) is 8.29. The van der Waals surface area contributed by atoms with Gasteiger partial charge in [-0.25, -0.2) is 4.79 Å². The molecule has 0 radical (unpaired) electrons. The summed E-state index contributed by atoms with van der Waals surface area (Å²) in [6.45, 7) is 5.16. The van der Waals surface area contributed by atoms with Gasteiger partial charge in [0.15, 0.2) is 0 Å². The number of hydrogen-bond donors (Lipinski definition) is 1. The van der Waals surface area contributed by atoms with Crippen molar-refractivity contribution in [3.63, 3.8) is 0 Å². The Morgan fingerprint density at radius 2 is 1.69 bits per heavy atom. The molecule has 6 heteroatoms. The molecule has 136 valence electrons. The number of aryl methyl sites for hydroxylation is 2. The van der Waals surface area contributed by atoms with E-state index in [0.29, 0.717) is 16.9 Å². The molecule has 0 aliphatic carbocycles. The van der Waals surface area contributed by atoms with E-state index in [1.54, 1.807) is 24.3 Å². The molecule has 26 heavy (non-hydrogen) atoms. The summed E-state index contributed by atoms with van der Waals surface area (Å²) in [6, 6.07) is 12.1. The van der Waals surface area contributed by atoms with Crippen molar-refractivity contribution in [2.75, 3.05) is 23.9 Å². The van der Waals surface area contributed by atoms with Crippen LogP contribution in [0.15, 0.2) is 42.5 Å². The minimum Gasteiger partial charge on any atom is -0.465 e. The first kappa shape index (κ1) is 19.2. The summed E-state index contributed by atoms with van der Waals surface area (Å²) in [7, 11) is 1.30. The molecule has 0 aromatic heterocycles. The lowest BCUT2D eigenvalue weighted by Gasteiger charge is -2.21. The van der Waals surface area contributed by atoms with Gasteiger partial charge in [-0.3, -0.25) is 9.59 Å². The molecule has 1 N–H and O–H groups in total. The van der Waals surface area contributed by atoms with Crippen molar-refractivity contribution >= 4 is 29.2 Å². The van der Waals surface area contributed by atoms with Crippen molar-refractivity contribution in [3.8, 4) is 0 Å². The van der Waals surface area contributed by atoms with Crippen LogP contribution < -0.4 is 10.2 Å². The highest BCUT2D eigenvalue weighted by Gasteiger charge is 2.17. The van der Waals surface area contributed by atoms with Crippen LogP contribution in [0.5, 0.6) is 0 Å². The molecule has 2 aromatic carbocycles. The SMILES string of the molecule is COC(=O)c1ccc(N(CC(=O)Nc2ccc(C)cc2C)C(C)=O)cc1. The van der Waals surface area contributed by atoms with Gasteiger partial charge in [0.1, 0.15) is 6.54 Å². The highest BCUT2D eigenvalue weighted by atomic mass is 16.5. The van der Waals surface area contributed by atoms with E-state index >= 15 is 0 Å². The number of benzene rings is 2. The average molecular weight is 354 g/mol. The molecule has 0 bridgehead atoms. The first-order valence-corrected chi connectivity index (χ1v) is 8.15. The molecular weight excluding hydrogens is 332 g/mol. The molecule has 6 nitrogen and oxygen atoms in total. The Balaban J connectivity index is 2.13. The monoisotopic (exact) mass is 354 g/mol. The Bertz CT molecular complexity index is 828. The van der Waals surface area contributed by atoms with Gasteiger partial charge in [-0.2, -0.15) is 0 Å². The topological polar surface area (TPSA) is 75.7 Å². The molecule has 2 amide bonds. The van der Waals surface area contributed by atoms with Crippen molar-refractivity contribution < 1.29 is 19.1 Å². The number of esters is 1. The summed E-state index contributed by atoms with van der Waals surface area (Å²) in [6.07, 6.45) is 0. The summed E-state index contributed by atoms with van der Waals surface area (Å²) in [5.74, 6) is -1.03. The van der Waals surface area contributed by atoms with E-state index in [1.807, 2.05) is 32.0 Å². The molecule has 0 aliphatic heterocycles. The smallest absolute Gasteiger partial charge is 0.337 e. The number of carbonyl (C=O) groups excluding carboxylic acids is 3. The van der Waals surface area contributed by atoms with Crippen LogP contribution in [0.25, 0.3) is 0 Å². The number of anilines is 2. The first-order chi connectivity index (χ1) is 12.3. The van der Waals surface area contributed by atoms with Crippen LogP contribution in [0.4, 0.5) is 11.4 Å². The summed E-state index contributed by atoms with van der Waals surface area (Å²) in [5.41, 5.74) is 3.68. The Hall–Kier alpha value is -3.15. The number of nitrogens with zero attached hydrogens (tertiary/aromatic N) is 1. The third kappa shape index (κ3) is 4.69. The van der Waals surface area contributed by atoms with Crippen LogP contribution >= 0.6 is 0 Å². The zero-order valence-corrected chi connectivity index (χ0v) is 15.3. The lowest BCUT2D eigenvalue weighted by molar-refractivity contribution is -0.120. The Morgan fingerprint density at radius 3 is 2.23 bits per heavy atom. The van der Waals surface area contributed by atoms with Gasteiger partial charge in [0.05, 0.1) is 12.7 Å². The number of amides is 2. The molecule has 0 unspecified atom stereocenters. The van der Waals surface area contributed by atoms with Gasteiger partial charge in [0.25, 0.3) is 0 Å². The highest BCUT2D eigenvalue weighted by Crippen LogP contribution is 2.18. The fourth-order valence-corrected chi connectivity index (χ4v) is 2.57. The third-order valence-electron chi connectivity index (χ3n) is 3.94. The summed E-state index contributed by atoms with van der Waals surface area (Å²) < 4.78 is 4.65. The van der Waals surface area contributed by atoms with Gasteiger partial charge < -0.3 is 15.0 Å². The minimum absolute atomic E-state index is 0.125. The summed E-state index contributed by atoms with van der Waals surface area (Å²) in [4.78, 5) is 37.2. The molecule has 2 aromatic rings. The number of ether oxygens (including phenoxy) is 1. The quantitative estimate of drug-likeness (QED) is 0.837. The highest BCUT2D eigenvalue weighted by molar-refractivity contribution is 6.02. The van der Waals surface area contributed by atoms with Crippen molar-refractivity contribution in [1.29, 1.82) is 0 Å². The lowest BCUT2D eigenvalue weighted by atomic mass is 10.1.